The number of anilines is 4. The van der Waals surface area contributed by atoms with Gasteiger partial charge in [0.2, 0.25) is 11.9 Å². The highest BCUT2D eigenvalue weighted by Gasteiger charge is 2.26. The number of aromatic nitrogens is 10. The van der Waals surface area contributed by atoms with Crippen molar-refractivity contribution in [1.82, 2.24) is 49.8 Å². The number of nitrogens with zero attached hydrogens (tertiary/aromatic N) is 12. The van der Waals surface area contributed by atoms with Crippen LogP contribution in [-0.4, -0.2) is 85.9 Å². The molecule has 8 aromatic rings. The third-order valence-electron chi connectivity index (χ3n) is 9.22. The molecule has 0 aliphatic heterocycles. The fourth-order valence-corrected chi connectivity index (χ4v) is 6.51. The van der Waals surface area contributed by atoms with Gasteiger partial charge in [0.25, 0.3) is 11.4 Å². The van der Waals surface area contributed by atoms with Gasteiger partial charge in [-0.3, -0.25) is 20.2 Å². The third-order valence-corrected chi connectivity index (χ3v) is 9.73. The molecule has 20 nitrogen and oxygen atoms in total. The van der Waals surface area contributed by atoms with Crippen LogP contribution in [0.15, 0.2) is 122 Å². The summed E-state index contributed by atoms with van der Waals surface area (Å²) in [7, 11) is 0. The minimum absolute atomic E-state index is 0.148. The van der Waals surface area contributed by atoms with Crippen molar-refractivity contribution in [2.45, 2.75) is 0 Å². The minimum atomic E-state index is -0.520. The number of nitrogens with one attached hydrogen (secondary N) is 4. The second-order valence-corrected chi connectivity index (χ2v) is 14.0. The number of H-pyrrole nitrogens is 2. The van der Waals surface area contributed by atoms with Gasteiger partial charge >= 0.3 is 0 Å². The zero-order valence-electron chi connectivity index (χ0n) is 32.1. The molecule has 6 heterocycles. The lowest BCUT2D eigenvalue weighted by Crippen LogP contribution is -2.49. The molecule has 62 heavy (non-hydrogen) atoms. The minimum Gasteiger partial charge on any atom is -0.368 e. The smallest absolute Gasteiger partial charge is 0.287 e. The SMILES string of the molecule is O=[N+]([O-])c1ccc(NCCN(c2ncc(-c3ncc[nH]3)c(-c3ccc(Cl)cc3)n2)N(CCNc2ccc([N+](=O)[O-])cn2)c2ncc(-c3ncc[nH]3)c(-c3ccc(Cl)cc3)n2)nc1. The standard InChI is InChI=1S/C40H32Cl2N16O4/c41-27-5-1-25(2-6-27)35-31(37-45-13-14-46-37)23-51-39(53-35)55(19-17-43-33-11-9-29(21-49-33)57(59)60)56(20-18-44-34-12-10-30(22-50-34)58(61)62)40-52-24-32(38-47-15-16-48-38)36(54-40)26-3-7-28(42)8-4-26/h1-16,21-24H,17-20H2,(H,43,49)(H,44,50)(H,45,46)(H,47,48). The molecule has 0 amide bonds. The van der Waals surface area contributed by atoms with Gasteiger partial charge in [-0.05, 0) is 36.4 Å². The van der Waals surface area contributed by atoms with Gasteiger partial charge in [-0.1, -0.05) is 47.5 Å². The lowest BCUT2D eigenvalue weighted by Gasteiger charge is -2.35. The number of hydrazine groups is 1. The molecule has 2 aromatic carbocycles. The molecule has 4 N–H and O–H groups in total. The molecule has 0 spiro atoms. The van der Waals surface area contributed by atoms with E-state index >= 15 is 0 Å². The quantitative estimate of drug-likeness (QED) is 0.0504. The summed E-state index contributed by atoms with van der Waals surface area (Å²) in [6.45, 7) is 0.807. The number of rotatable bonds is 17. The number of halogens is 2. The molecule has 8 rings (SSSR count). The van der Waals surface area contributed by atoms with E-state index in [4.69, 9.17) is 43.1 Å². The summed E-state index contributed by atoms with van der Waals surface area (Å²) in [4.78, 5) is 65.3. The van der Waals surface area contributed by atoms with E-state index in [0.29, 0.717) is 55.8 Å². The first-order valence-electron chi connectivity index (χ1n) is 18.7. The monoisotopic (exact) mass is 870 g/mol. The van der Waals surface area contributed by atoms with E-state index in [9.17, 15) is 20.2 Å². The number of nitro groups is 2. The molecule has 0 saturated heterocycles. The predicted octanol–water partition coefficient (Wildman–Crippen LogP) is 7.75. The predicted molar refractivity (Wildman–Crippen MR) is 234 cm³/mol. The van der Waals surface area contributed by atoms with Crippen LogP contribution in [0.3, 0.4) is 0 Å². The summed E-state index contributed by atoms with van der Waals surface area (Å²) >= 11 is 12.6. The van der Waals surface area contributed by atoms with Crippen LogP contribution in [0, 0.1) is 20.2 Å². The number of pyridine rings is 2. The van der Waals surface area contributed by atoms with Crippen molar-refractivity contribution in [2.24, 2.45) is 0 Å². The maximum absolute atomic E-state index is 11.3. The number of aromatic amines is 2. The topological polar surface area (TPSA) is 252 Å². The van der Waals surface area contributed by atoms with E-state index in [1.54, 1.807) is 71.5 Å². The second kappa shape index (κ2) is 18.4. The van der Waals surface area contributed by atoms with Gasteiger partial charge in [-0.2, -0.15) is 0 Å². The molecule has 0 aliphatic rings. The highest BCUT2D eigenvalue weighted by Crippen LogP contribution is 2.34. The number of hydrogen-bond donors (Lipinski definition) is 4. The zero-order chi connectivity index (χ0) is 43.0. The second-order valence-electron chi connectivity index (χ2n) is 13.2. The van der Waals surface area contributed by atoms with Crippen LogP contribution in [0.4, 0.5) is 34.9 Å². The van der Waals surface area contributed by atoms with Crippen molar-refractivity contribution in [1.29, 1.82) is 0 Å². The van der Waals surface area contributed by atoms with E-state index in [2.05, 4.69) is 40.5 Å². The van der Waals surface area contributed by atoms with Crippen molar-refractivity contribution in [2.75, 3.05) is 46.8 Å². The van der Waals surface area contributed by atoms with Crippen LogP contribution in [0.25, 0.3) is 45.3 Å². The molecule has 0 aliphatic carbocycles. The molecule has 22 heteroatoms. The van der Waals surface area contributed by atoms with Crippen molar-refractivity contribution in [3.05, 3.63) is 153 Å². The Bertz CT molecular complexity index is 2590. The molecule has 0 bridgehead atoms. The van der Waals surface area contributed by atoms with Gasteiger partial charge < -0.3 is 20.6 Å². The van der Waals surface area contributed by atoms with Gasteiger partial charge in [0.05, 0.1) is 45.5 Å². The number of imidazole rings is 2. The Morgan fingerprint density at radius 2 is 0.968 bits per heavy atom. The molecule has 0 saturated carbocycles. The van der Waals surface area contributed by atoms with E-state index < -0.39 is 9.85 Å². The van der Waals surface area contributed by atoms with Crippen LogP contribution in [0.2, 0.25) is 10.0 Å². The first-order valence-corrected chi connectivity index (χ1v) is 19.4. The lowest BCUT2D eigenvalue weighted by atomic mass is 10.1. The molecule has 6 aromatic heterocycles. The molecule has 0 unspecified atom stereocenters. The van der Waals surface area contributed by atoms with Gasteiger partial charge in [-0.15, -0.1) is 0 Å². The van der Waals surface area contributed by atoms with Crippen molar-refractivity contribution in [3.8, 4) is 45.3 Å². The van der Waals surface area contributed by atoms with Gasteiger partial charge in [-0.25, -0.2) is 49.9 Å². The van der Waals surface area contributed by atoms with Crippen molar-refractivity contribution < 1.29 is 9.85 Å². The van der Waals surface area contributed by atoms with Crippen LogP contribution >= 0.6 is 23.2 Å². The largest absolute Gasteiger partial charge is 0.368 e. The molecule has 0 radical (unpaired) electrons. The zero-order valence-corrected chi connectivity index (χ0v) is 33.6. The fourth-order valence-electron chi connectivity index (χ4n) is 6.26. The summed E-state index contributed by atoms with van der Waals surface area (Å²) in [6.07, 6.45) is 12.4. The molecule has 0 atom stereocenters. The number of hydrogen-bond acceptors (Lipinski definition) is 16. The van der Waals surface area contributed by atoms with E-state index in [-0.39, 0.29) is 49.5 Å². The Balaban J connectivity index is 1.25. The average Bonchev–Trinajstić information content (AvgIpc) is 4.04. The summed E-state index contributed by atoms with van der Waals surface area (Å²) in [5, 5.41) is 33.8. The molecular weight excluding hydrogens is 839 g/mol. The molecule has 0 fully saturated rings. The van der Waals surface area contributed by atoms with Crippen molar-refractivity contribution in [3.63, 3.8) is 0 Å². The van der Waals surface area contributed by atoms with E-state index in [1.807, 2.05) is 24.3 Å². The highest BCUT2D eigenvalue weighted by molar-refractivity contribution is 6.31. The maximum atomic E-state index is 11.3. The number of benzene rings is 2. The average molecular weight is 872 g/mol. The van der Waals surface area contributed by atoms with E-state index in [0.717, 1.165) is 11.1 Å². The van der Waals surface area contributed by atoms with Crippen LogP contribution < -0.4 is 20.7 Å². The Morgan fingerprint density at radius 3 is 1.31 bits per heavy atom. The normalized spacial score (nSPS) is 10.9. The lowest BCUT2D eigenvalue weighted by molar-refractivity contribution is -0.385. The van der Waals surface area contributed by atoms with Crippen molar-refractivity contribution >= 4 is 58.1 Å². The third kappa shape index (κ3) is 9.35. The summed E-state index contributed by atoms with van der Waals surface area (Å²) < 4.78 is 0. The Labute approximate surface area is 361 Å². The van der Waals surface area contributed by atoms with Gasteiger partial charge in [0.15, 0.2) is 0 Å². The Hall–Kier alpha value is -8.10. The molecule has 310 valence electrons. The highest BCUT2D eigenvalue weighted by atomic mass is 35.5. The Morgan fingerprint density at radius 1 is 0.548 bits per heavy atom. The summed E-state index contributed by atoms with van der Waals surface area (Å²) in [6, 6.07) is 20.2. The van der Waals surface area contributed by atoms with Gasteiger partial charge in [0, 0.05) is 83.6 Å². The first kappa shape index (κ1) is 40.7. The summed E-state index contributed by atoms with van der Waals surface area (Å²) in [5.41, 5.74) is 3.50. The first-order chi connectivity index (χ1) is 30.2. The van der Waals surface area contributed by atoms with Crippen LogP contribution in [0.5, 0.6) is 0 Å². The fraction of sp³-hybridized carbons (Fsp3) is 0.100. The molecular formula is C40H32Cl2N16O4. The van der Waals surface area contributed by atoms with Gasteiger partial charge in [0.1, 0.15) is 35.7 Å². The van der Waals surface area contributed by atoms with E-state index in [1.165, 1.54) is 36.7 Å². The maximum Gasteiger partial charge on any atom is 0.287 e. The van der Waals surface area contributed by atoms with Crippen LogP contribution in [-0.2, 0) is 0 Å². The van der Waals surface area contributed by atoms with Crippen LogP contribution in [0.1, 0.15) is 0 Å². The summed E-state index contributed by atoms with van der Waals surface area (Å²) in [5.74, 6) is 2.36. The Kier molecular flexibility index (Phi) is 12.1.